The van der Waals surface area contributed by atoms with E-state index in [2.05, 4.69) is 22.9 Å². The van der Waals surface area contributed by atoms with Crippen molar-refractivity contribution in [2.75, 3.05) is 0 Å². The minimum atomic E-state index is -0.319. The van der Waals surface area contributed by atoms with Crippen LogP contribution < -0.4 is 0 Å². The highest BCUT2D eigenvalue weighted by atomic mass is 32.1. The molecule has 3 heteroatoms. The Morgan fingerprint density at radius 2 is 2.12 bits per heavy atom. The van der Waals surface area contributed by atoms with Crippen LogP contribution >= 0.6 is 12.6 Å². The fourth-order valence-electron chi connectivity index (χ4n) is 0.0756. The smallest absolute Gasteiger partial charge is 0.191 e. The molecule has 8 heavy (non-hydrogen) atoms. The Kier molecular flexibility index (Phi) is 2.77. The first kappa shape index (κ1) is 8.24. The highest BCUT2D eigenvalue weighted by Crippen LogP contribution is 2.21. The van der Waals surface area contributed by atoms with Gasteiger partial charge in [-0.25, -0.2) is 0 Å². The summed E-state index contributed by atoms with van der Waals surface area (Å²) in [5.74, 6) is 0. The SMILES string of the molecule is CC(C)(C[Si])C(=O)S. The lowest BCUT2D eigenvalue weighted by Crippen LogP contribution is -2.18. The summed E-state index contributed by atoms with van der Waals surface area (Å²) in [5.41, 5.74) is -0.319. The third kappa shape index (κ3) is 2.00. The normalized spacial score (nSPS) is 11.5. The van der Waals surface area contributed by atoms with Gasteiger partial charge in [-0.3, -0.25) is 4.79 Å². The first-order chi connectivity index (χ1) is 3.50. The summed E-state index contributed by atoms with van der Waals surface area (Å²) in [6, 6.07) is 0.662. The molecule has 0 fully saturated rings. The summed E-state index contributed by atoms with van der Waals surface area (Å²) in [7, 11) is 3.25. The maximum Gasteiger partial charge on any atom is 0.191 e. The van der Waals surface area contributed by atoms with Crippen LogP contribution in [-0.2, 0) is 4.79 Å². The zero-order valence-corrected chi connectivity index (χ0v) is 6.96. The molecule has 0 saturated heterocycles. The van der Waals surface area contributed by atoms with Gasteiger partial charge >= 0.3 is 0 Å². The summed E-state index contributed by atoms with van der Waals surface area (Å²) in [5, 5.41) is -0.0764. The molecule has 0 aromatic heterocycles. The third-order valence-electron chi connectivity index (χ3n) is 1.02. The third-order valence-corrected chi connectivity index (χ3v) is 2.51. The van der Waals surface area contributed by atoms with Crippen LogP contribution in [-0.4, -0.2) is 15.4 Å². The molecule has 45 valence electrons. The lowest BCUT2D eigenvalue weighted by molar-refractivity contribution is -0.117. The number of hydrogen-bond donors (Lipinski definition) is 1. The van der Waals surface area contributed by atoms with Gasteiger partial charge in [0.2, 0.25) is 0 Å². The molecule has 0 atom stereocenters. The van der Waals surface area contributed by atoms with Crippen molar-refractivity contribution in [2.24, 2.45) is 5.41 Å². The lowest BCUT2D eigenvalue weighted by Gasteiger charge is -2.15. The van der Waals surface area contributed by atoms with Crippen LogP contribution in [0.25, 0.3) is 0 Å². The first-order valence-electron chi connectivity index (χ1n) is 2.38. The van der Waals surface area contributed by atoms with E-state index in [4.69, 9.17) is 0 Å². The van der Waals surface area contributed by atoms with Crippen LogP contribution in [0.3, 0.4) is 0 Å². The number of carbonyl (C=O) groups excluding carboxylic acids is 1. The molecular weight excluding hydrogens is 136 g/mol. The van der Waals surface area contributed by atoms with Gasteiger partial charge in [0.25, 0.3) is 0 Å². The largest absolute Gasteiger partial charge is 0.287 e. The second-order valence-corrected chi connectivity index (χ2v) is 3.13. The van der Waals surface area contributed by atoms with Crippen molar-refractivity contribution in [3.05, 3.63) is 0 Å². The topological polar surface area (TPSA) is 17.1 Å². The van der Waals surface area contributed by atoms with Crippen molar-refractivity contribution >= 4 is 28.0 Å². The lowest BCUT2D eigenvalue weighted by atomic mass is 9.99. The first-order valence-corrected chi connectivity index (χ1v) is 3.54. The van der Waals surface area contributed by atoms with E-state index in [9.17, 15) is 4.79 Å². The van der Waals surface area contributed by atoms with Crippen molar-refractivity contribution < 1.29 is 4.79 Å². The molecule has 0 aromatic rings. The maximum absolute atomic E-state index is 10.5. The average molecular weight is 145 g/mol. The molecule has 3 radical (unpaired) electrons. The highest BCUT2D eigenvalue weighted by molar-refractivity contribution is 7.96. The number of carbonyl (C=O) groups is 1. The predicted octanol–water partition coefficient (Wildman–Crippen LogP) is 1.06. The Balaban J connectivity index is 3.91. The second kappa shape index (κ2) is 2.69. The molecule has 0 aliphatic carbocycles. The molecule has 0 amide bonds. The summed E-state index contributed by atoms with van der Waals surface area (Å²) in [6.45, 7) is 3.69. The molecule has 0 aliphatic rings. The molecule has 0 unspecified atom stereocenters. The van der Waals surface area contributed by atoms with Gasteiger partial charge in [-0.1, -0.05) is 19.9 Å². The van der Waals surface area contributed by atoms with E-state index < -0.39 is 0 Å². The average Bonchev–Trinajstić information content (AvgIpc) is 1.67. The molecule has 0 heterocycles. The zero-order chi connectivity index (χ0) is 6.78. The summed E-state index contributed by atoms with van der Waals surface area (Å²) in [4.78, 5) is 10.5. The minimum absolute atomic E-state index is 0.0764. The minimum Gasteiger partial charge on any atom is -0.287 e. The Bertz CT molecular complexity index is 101. The molecular formula is C5H9OSSi. The van der Waals surface area contributed by atoms with E-state index in [1.807, 2.05) is 13.8 Å². The van der Waals surface area contributed by atoms with Crippen LogP contribution in [0, 0.1) is 5.41 Å². The molecule has 1 nitrogen and oxygen atoms in total. The molecule has 0 aromatic carbocycles. The Morgan fingerprint density at radius 1 is 1.75 bits per heavy atom. The summed E-state index contributed by atoms with van der Waals surface area (Å²) in [6.07, 6.45) is 0. The van der Waals surface area contributed by atoms with E-state index in [1.165, 1.54) is 0 Å². The van der Waals surface area contributed by atoms with Crippen LogP contribution in [0.2, 0.25) is 6.04 Å². The molecule has 0 aliphatic heterocycles. The molecule has 0 bridgehead atoms. The van der Waals surface area contributed by atoms with Crippen molar-refractivity contribution in [3.8, 4) is 0 Å². The van der Waals surface area contributed by atoms with Gasteiger partial charge in [-0.15, -0.1) is 12.6 Å². The predicted molar refractivity (Wildman–Crippen MR) is 38.3 cm³/mol. The van der Waals surface area contributed by atoms with Gasteiger partial charge in [0, 0.05) is 15.7 Å². The number of thiol groups is 1. The molecule has 0 N–H and O–H groups in total. The van der Waals surface area contributed by atoms with Gasteiger partial charge in [-0.05, 0) is 0 Å². The van der Waals surface area contributed by atoms with Crippen LogP contribution in [0.1, 0.15) is 13.8 Å². The fourth-order valence-corrected chi connectivity index (χ4v) is 0.464. The van der Waals surface area contributed by atoms with Crippen LogP contribution in [0.5, 0.6) is 0 Å². The van der Waals surface area contributed by atoms with Crippen molar-refractivity contribution in [2.45, 2.75) is 19.9 Å². The molecule has 0 rings (SSSR count). The molecule has 0 spiro atoms. The van der Waals surface area contributed by atoms with Gasteiger partial charge in [0.05, 0.1) is 0 Å². The summed E-state index contributed by atoms with van der Waals surface area (Å²) < 4.78 is 0. The standard InChI is InChI=1S/C5H9OSSi/c1-5(2,3-8)4(6)7/h3H2,1-2H3,(H,6,7). The van der Waals surface area contributed by atoms with Crippen molar-refractivity contribution in [1.82, 2.24) is 0 Å². The van der Waals surface area contributed by atoms with Crippen molar-refractivity contribution in [3.63, 3.8) is 0 Å². The van der Waals surface area contributed by atoms with Crippen LogP contribution in [0.15, 0.2) is 0 Å². The van der Waals surface area contributed by atoms with Gasteiger partial charge in [0.15, 0.2) is 5.12 Å². The van der Waals surface area contributed by atoms with Gasteiger partial charge in [0.1, 0.15) is 0 Å². The van der Waals surface area contributed by atoms with Gasteiger partial charge < -0.3 is 0 Å². The zero-order valence-electron chi connectivity index (χ0n) is 5.06. The number of rotatable bonds is 2. The number of hydrogen-bond acceptors (Lipinski definition) is 1. The van der Waals surface area contributed by atoms with Gasteiger partial charge in [-0.2, -0.15) is 0 Å². The summed E-state index contributed by atoms with van der Waals surface area (Å²) >= 11 is 3.69. The Labute approximate surface area is 58.7 Å². The maximum atomic E-state index is 10.5. The van der Waals surface area contributed by atoms with E-state index in [0.29, 0.717) is 6.04 Å². The fraction of sp³-hybridized carbons (Fsp3) is 0.800. The monoisotopic (exact) mass is 145 g/mol. The van der Waals surface area contributed by atoms with E-state index >= 15 is 0 Å². The quantitative estimate of drug-likeness (QED) is 0.454. The van der Waals surface area contributed by atoms with E-state index in [1.54, 1.807) is 0 Å². The Hall–Kier alpha value is 0.237. The molecule has 0 saturated carbocycles. The van der Waals surface area contributed by atoms with E-state index in [-0.39, 0.29) is 10.5 Å². The highest BCUT2D eigenvalue weighted by Gasteiger charge is 2.20. The Morgan fingerprint density at radius 3 is 2.12 bits per heavy atom. The van der Waals surface area contributed by atoms with Crippen molar-refractivity contribution in [1.29, 1.82) is 0 Å². The van der Waals surface area contributed by atoms with E-state index in [0.717, 1.165) is 0 Å². The second-order valence-electron chi connectivity index (χ2n) is 2.37. The van der Waals surface area contributed by atoms with Crippen LogP contribution in [0.4, 0.5) is 0 Å².